The Labute approximate surface area is 177 Å². The Bertz CT molecular complexity index is 1130. The van der Waals surface area contributed by atoms with Crippen molar-refractivity contribution in [3.63, 3.8) is 0 Å². The van der Waals surface area contributed by atoms with Crippen LogP contribution in [0.2, 0.25) is 5.02 Å². The van der Waals surface area contributed by atoms with Crippen LogP contribution in [-0.2, 0) is 14.8 Å². The molecule has 1 amide bonds. The molecule has 0 aliphatic carbocycles. The minimum Gasteiger partial charge on any atom is -0.383 e. The third-order valence-electron chi connectivity index (χ3n) is 4.71. The molecular weight excluding hydrogens is 432 g/mol. The molecule has 10 heteroatoms. The number of benzene rings is 1. The highest BCUT2D eigenvalue weighted by molar-refractivity contribution is 7.91. The first-order valence-electron chi connectivity index (χ1n) is 9.06. The van der Waals surface area contributed by atoms with Crippen LogP contribution >= 0.6 is 22.9 Å². The number of thiophene rings is 1. The lowest BCUT2D eigenvalue weighted by molar-refractivity contribution is -0.128. The second-order valence-electron chi connectivity index (χ2n) is 6.70. The number of carbonyl (C=O) groups is 1. The van der Waals surface area contributed by atoms with Gasteiger partial charge in [-0.2, -0.15) is 4.72 Å². The van der Waals surface area contributed by atoms with Gasteiger partial charge in [-0.05, 0) is 42.1 Å². The summed E-state index contributed by atoms with van der Waals surface area (Å²) in [5.74, 6) is -0.200. The second-order valence-corrected chi connectivity index (χ2v) is 10.2. The lowest BCUT2D eigenvalue weighted by Gasteiger charge is -2.17. The average Bonchev–Trinajstić information content (AvgIpc) is 3.27. The van der Waals surface area contributed by atoms with Gasteiger partial charge in [-0.1, -0.05) is 17.7 Å². The fourth-order valence-corrected chi connectivity index (χ4v) is 6.15. The van der Waals surface area contributed by atoms with Gasteiger partial charge >= 0.3 is 0 Å². The molecule has 0 saturated carbocycles. The Morgan fingerprint density at radius 2 is 2.00 bits per heavy atom. The molecule has 1 aromatic carbocycles. The van der Waals surface area contributed by atoms with E-state index in [0.717, 1.165) is 27.1 Å². The maximum Gasteiger partial charge on any atom is 0.250 e. The smallest absolute Gasteiger partial charge is 0.250 e. The molecule has 2 aromatic heterocycles. The summed E-state index contributed by atoms with van der Waals surface area (Å²) < 4.78 is 29.1. The van der Waals surface area contributed by atoms with Crippen LogP contribution in [0.4, 0.5) is 5.69 Å². The molecule has 3 aromatic rings. The Hall–Kier alpha value is -2.20. The monoisotopic (exact) mass is 450 g/mol. The molecule has 1 fully saturated rings. The molecule has 1 atom stereocenters. The fourth-order valence-electron chi connectivity index (χ4n) is 3.23. The first-order valence-corrected chi connectivity index (χ1v) is 11.7. The van der Waals surface area contributed by atoms with E-state index in [1.54, 1.807) is 41.6 Å². The standard InChI is InChI=1S/C19H19ClN4O3S2/c20-14-2-1-13-11-18(28-17(13)12-14)29(26,27)23-16-5-9-24(19(16)25)10-8-22-15-3-6-21-7-4-15/h1-4,6-7,11-12,16,23H,5,8-10H2,(H,21,22)/t16-/m0/s1. The summed E-state index contributed by atoms with van der Waals surface area (Å²) in [6, 6.07) is 9.80. The molecule has 1 aliphatic rings. The van der Waals surface area contributed by atoms with Crippen molar-refractivity contribution in [3.8, 4) is 0 Å². The van der Waals surface area contributed by atoms with Crippen molar-refractivity contribution in [2.24, 2.45) is 0 Å². The van der Waals surface area contributed by atoms with E-state index in [-0.39, 0.29) is 10.1 Å². The number of hydrogen-bond donors (Lipinski definition) is 2. The van der Waals surface area contributed by atoms with Crippen LogP contribution < -0.4 is 10.0 Å². The normalized spacial score (nSPS) is 17.2. The van der Waals surface area contributed by atoms with E-state index in [9.17, 15) is 13.2 Å². The quantitative estimate of drug-likeness (QED) is 0.577. The van der Waals surface area contributed by atoms with Gasteiger partial charge in [0, 0.05) is 47.4 Å². The van der Waals surface area contributed by atoms with Gasteiger partial charge in [0.1, 0.15) is 10.3 Å². The summed E-state index contributed by atoms with van der Waals surface area (Å²) in [5, 5.41) is 4.58. The number of nitrogens with one attached hydrogen (secondary N) is 2. The molecule has 152 valence electrons. The van der Waals surface area contributed by atoms with Crippen molar-refractivity contribution in [3.05, 3.63) is 53.8 Å². The van der Waals surface area contributed by atoms with Gasteiger partial charge in [0.05, 0.1) is 0 Å². The largest absolute Gasteiger partial charge is 0.383 e. The van der Waals surface area contributed by atoms with E-state index in [4.69, 9.17) is 11.6 Å². The molecule has 7 nitrogen and oxygen atoms in total. The molecule has 1 aliphatic heterocycles. The number of pyridine rings is 1. The Balaban J connectivity index is 1.38. The zero-order valence-electron chi connectivity index (χ0n) is 15.3. The number of aromatic nitrogens is 1. The molecule has 2 N–H and O–H groups in total. The van der Waals surface area contributed by atoms with Crippen molar-refractivity contribution < 1.29 is 13.2 Å². The number of carbonyl (C=O) groups excluding carboxylic acids is 1. The van der Waals surface area contributed by atoms with E-state index in [1.165, 1.54) is 0 Å². The molecule has 1 saturated heterocycles. The average molecular weight is 451 g/mol. The number of likely N-dealkylation sites (tertiary alicyclic amines) is 1. The number of fused-ring (bicyclic) bond motifs is 1. The van der Waals surface area contributed by atoms with Gasteiger partial charge in [0.2, 0.25) is 5.91 Å². The number of amides is 1. The molecule has 0 spiro atoms. The number of anilines is 1. The van der Waals surface area contributed by atoms with Gasteiger partial charge in [-0.25, -0.2) is 8.42 Å². The first-order chi connectivity index (χ1) is 13.9. The Morgan fingerprint density at radius 3 is 2.79 bits per heavy atom. The fraction of sp³-hybridized carbons (Fsp3) is 0.263. The summed E-state index contributed by atoms with van der Waals surface area (Å²) in [7, 11) is -3.78. The highest BCUT2D eigenvalue weighted by atomic mass is 35.5. The third-order valence-corrected chi connectivity index (χ3v) is 7.99. The summed E-state index contributed by atoms with van der Waals surface area (Å²) in [4.78, 5) is 18.2. The number of rotatable bonds is 7. The predicted octanol–water partition coefficient (Wildman–Crippen LogP) is 2.94. The van der Waals surface area contributed by atoms with Crippen LogP contribution in [0.15, 0.2) is 53.0 Å². The molecule has 4 rings (SSSR count). The number of hydrogen-bond acceptors (Lipinski definition) is 6. The summed E-state index contributed by atoms with van der Waals surface area (Å²) in [6.07, 6.45) is 3.83. The zero-order chi connectivity index (χ0) is 20.4. The van der Waals surface area contributed by atoms with E-state index >= 15 is 0 Å². The van der Waals surface area contributed by atoms with Crippen LogP contribution in [0.5, 0.6) is 0 Å². The number of nitrogens with zero attached hydrogens (tertiary/aromatic N) is 2. The van der Waals surface area contributed by atoms with Crippen LogP contribution in [-0.4, -0.2) is 49.9 Å². The Kier molecular flexibility index (Phi) is 5.73. The molecule has 3 heterocycles. The highest BCUT2D eigenvalue weighted by Gasteiger charge is 2.35. The van der Waals surface area contributed by atoms with E-state index in [0.29, 0.717) is 31.1 Å². The summed E-state index contributed by atoms with van der Waals surface area (Å²) in [5.41, 5.74) is 0.925. The molecular formula is C19H19ClN4O3S2. The maximum absolute atomic E-state index is 12.8. The zero-order valence-corrected chi connectivity index (χ0v) is 17.7. The topological polar surface area (TPSA) is 91.4 Å². The SMILES string of the molecule is O=C1[C@@H](NS(=O)(=O)c2cc3ccc(Cl)cc3s2)CCN1CCNc1ccncc1. The van der Waals surface area contributed by atoms with Crippen molar-refractivity contribution in [1.82, 2.24) is 14.6 Å². The summed E-state index contributed by atoms with van der Waals surface area (Å²) in [6.45, 7) is 1.60. The van der Waals surface area contributed by atoms with Gasteiger partial charge in [0.25, 0.3) is 10.0 Å². The minimum atomic E-state index is -3.78. The van der Waals surface area contributed by atoms with Crippen LogP contribution in [0.1, 0.15) is 6.42 Å². The first kappa shape index (κ1) is 20.1. The van der Waals surface area contributed by atoms with E-state index in [2.05, 4.69) is 15.0 Å². The number of sulfonamides is 1. The van der Waals surface area contributed by atoms with Crippen LogP contribution in [0.25, 0.3) is 10.1 Å². The van der Waals surface area contributed by atoms with Gasteiger partial charge in [-0.15, -0.1) is 11.3 Å². The number of halogens is 1. The van der Waals surface area contributed by atoms with Gasteiger partial charge in [-0.3, -0.25) is 9.78 Å². The van der Waals surface area contributed by atoms with Crippen molar-refractivity contribution in [2.75, 3.05) is 25.0 Å². The highest BCUT2D eigenvalue weighted by Crippen LogP contribution is 2.31. The van der Waals surface area contributed by atoms with Gasteiger partial charge < -0.3 is 10.2 Å². The van der Waals surface area contributed by atoms with Crippen LogP contribution in [0, 0.1) is 0 Å². The molecule has 0 unspecified atom stereocenters. The lowest BCUT2D eigenvalue weighted by atomic mass is 10.3. The van der Waals surface area contributed by atoms with Crippen LogP contribution in [0.3, 0.4) is 0 Å². The minimum absolute atomic E-state index is 0.181. The van der Waals surface area contributed by atoms with E-state index in [1.807, 2.05) is 12.1 Å². The van der Waals surface area contributed by atoms with E-state index < -0.39 is 16.1 Å². The lowest BCUT2D eigenvalue weighted by Crippen LogP contribution is -2.42. The maximum atomic E-state index is 12.8. The molecule has 0 bridgehead atoms. The molecule has 29 heavy (non-hydrogen) atoms. The Morgan fingerprint density at radius 1 is 1.21 bits per heavy atom. The van der Waals surface area contributed by atoms with Gasteiger partial charge in [0.15, 0.2) is 0 Å². The predicted molar refractivity (Wildman–Crippen MR) is 115 cm³/mol. The van der Waals surface area contributed by atoms with Crippen molar-refractivity contribution in [1.29, 1.82) is 0 Å². The third kappa shape index (κ3) is 4.53. The second kappa shape index (κ2) is 8.27. The summed E-state index contributed by atoms with van der Waals surface area (Å²) >= 11 is 7.12. The molecule has 0 radical (unpaired) electrons. The van der Waals surface area contributed by atoms with Crippen molar-refractivity contribution >= 4 is 54.6 Å². The van der Waals surface area contributed by atoms with Crippen molar-refractivity contribution in [2.45, 2.75) is 16.7 Å².